The van der Waals surface area contributed by atoms with E-state index in [9.17, 15) is 13.2 Å². The first-order valence-electron chi connectivity index (χ1n) is 2.32. The minimum atomic E-state index is -3.34. The summed E-state index contributed by atoms with van der Waals surface area (Å²) in [4.78, 5) is 10.4. The van der Waals surface area contributed by atoms with Crippen LogP contribution in [0.25, 0.3) is 0 Å². The van der Waals surface area contributed by atoms with Crippen LogP contribution in [0.4, 0.5) is 0 Å². The van der Waals surface area contributed by atoms with E-state index in [0.717, 1.165) is 0 Å². The number of carbonyl (C=O) groups is 1. The van der Waals surface area contributed by atoms with E-state index >= 15 is 0 Å². The highest BCUT2D eigenvalue weighted by molar-refractivity contribution is 8.24. The number of hydrogen-bond donors (Lipinski definition) is 0. The van der Waals surface area contributed by atoms with Crippen LogP contribution in [0.5, 0.6) is 0 Å². The molecule has 0 aliphatic carbocycles. The maximum atomic E-state index is 10.4. The molecular weight excluding hydrogens is 156 g/mol. The molecule has 0 aromatic rings. The first-order valence-corrected chi connectivity index (χ1v) is 6.66. The second-order valence-electron chi connectivity index (χ2n) is 1.64. The van der Waals surface area contributed by atoms with E-state index in [1.165, 1.54) is 6.08 Å². The molecular formula is C4H8O3SSi. The van der Waals surface area contributed by atoms with E-state index in [-0.39, 0.29) is 15.8 Å². The standard InChI is InChI=1S/C4H8O3SSi/c1-2-3-4(5)8(6,7)9/h2H,1,3H2,9H3. The smallest absolute Gasteiger partial charge is 0.242 e. The molecule has 0 aromatic carbocycles. The van der Waals surface area contributed by atoms with Crippen LogP contribution in [0.15, 0.2) is 12.7 Å². The molecule has 52 valence electrons. The Hall–Kier alpha value is -0.423. The molecule has 0 aliphatic rings. The molecule has 0 heterocycles. The van der Waals surface area contributed by atoms with Crippen LogP contribution in [0.2, 0.25) is 0 Å². The molecule has 0 atom stereocenters. The van der Waals surface area contributed by atoms with Crippen molar-refractivity contribution in [1.82, 2.24) is 0 Å². The Labute approximate surface area is 56.7 Å². The van der Waals surface area contributed by atoms with Crippen molar-refractivity contribution in [2.45, 2.75) is 6.42 Å². The van der Waals surface area contributed by atoms with Gasteiger partial charge in [0.2, 0.25) is 5.12 Å². The van der Waals surface area contributed by atoms with E-state index in [2.05, 4.69) is 6.58 Å². The summed E-state index contributed by atoms with van der Waals surface area (Å²) < 4.78 is 20.8. The summed E-state index contributed by atoms with van der Waals surface area (Å²) in [7, 11) is -3.44. The molecule has 0 saturated carbocycles. The predicted octanol–water partition coefficient (Wildman–Crippen LogP) is -1.22. The molecule has 0 unspecified atom stereocenters. The van der Waals surface area contributed by atoms with Crippen LogP contribution < -0.4 is 0 Å². The molecule has 0 aromatic heterocycles. The highest BCUT2D eigenvalue weighted by atomic mass is 32.4. The van der Waals surface area contributed by atoms with E-state index in [1.807, 2.05) is 0 Å². The molecule has 0 rings (SSSR count). The van der Waals surface area contributed by atoms with Gasteiger partial charge in [-0.1, -0.05) is 6.08 Å². The minimum absolute atomic E-state index is 0.0637. The summed E-state index contributed by atoms with van der Waals surface area (Å²) in [5.41, 5.74) is 0. The van der Waals surface area contributed by atoms with Crippen LogP contribution in [0, 0.1) is 0 Å². The van der Waals surface area contributed by atoms with Gasteiger partial charge in [0.05, 0.1) is 0 Å². The number of hydrogen-bond acceptors (Lipinski definition) is 3. The van der Waals surface area contributed by atoms with Crippen molar-refractivity contribution in [3.8, 4) is 0 Å². The average Bonchev–Trinajstić information content (AvgIpc) is 1.64. The van der Waals surface area contributed by atoms with E-state index < -0.39 is 14.4 Å². The van der Waals surface area contributed by atoms with Gasteiger partial charge in [0.1, 0.15) is 0 Å². The first kappa shape index (κ1) is 8.58. The molecule has 3 nitrogen and oxygen atoms in total. The third-order valence-corrected chi connectivity index (χ3v) is 3.08. The molecule has 0 N–H and O–H groups in total. The van der Waals surface area contributed by atoms with E-state index in [0.29, 0.717) is 0 Å². The lowest BCUT2D eigenvalue weighted by molar-refractivity contribution is -0.110. The molecule has 5 heteroatoms. The van der Waals surface area contributed by atoms with Crippen molar-refractivity contribution < 1.29 is 13.2 Å². The monoisotopic (exact) mass is 164 g/mol. The van der Waals surface area contributed by atoms with Crippen molar-refractivity contribution in [3.05, 3.63) is 12.7 Å². The number of rotatable bonds is 2. The number of allylic oxidation sites excluding steroid dienone is 1. The molecule has 0 spiro atoms. The third-order valence-electron chi connectivity index (χ3n) is 0.725. The van der Waals surface area contributed by atoms with Gasteiger partial charge in [-0.3, -0.25) is 4.79 Å². The van der Waals surface area contributed by atoms with Gasteiger partial charge in [0.15, 0.2) is 18.7 Å². The average molecular weight is 164 g/mol. The highest BCUT2D eigenvalue weighted by Crippen LogP contribution is 1.90. The SMILES string of the molecule is C=CCC(=O)S(=O)(=O)[SiH3]. The molecule has 9 heavy (non-hydrogen) atoms. The Morgan fingerprint density at radius 1 is 1.67 bits per heavy atom. The molecule has 0 amide bonds. The molecule has 0 saturated heterocycles. The van der Waals surface area contributed by atoms with Gasteiger partial charge < -0.3 is 0 Å². The van der Waals surface area contributed by atoms with Crippen LogP contribution in [0.1, 0.15) is 6.42 Å². The number of carbonyl (C=O) groups excluding carboxylic acids is 1. The molecule has 0 fully saturated rings. The zero-order valence-electron chi connectivity index (χ0n) is 5.12. The van der Waals surface area contributed by atoms with E-state index in [1.54, 1.807) is 0 Å². The Kier molecular flexibility index (Phi) is 2.79. The van der Waals surface area contributed by atoms with Gasteiger partial charge in [-0.15, -0.1) is 6.58 Å². The Balaban J connectivity index is 4.24. The summed E-state index contributed by atoms with van der Waals surface area (Å²) in [6, 6.07) is 0. The zero-order valence-corrected chi connectivity index (χ0v) is 7.94. The lowest BCUT2D eigenvalue weighted by Gasteiger charge is -1.89. The van der Waals surface area contributed by atoms with Gasteiger partial charge in [-0.05, 0) is 0 Å². The van der Waals surface area contributed by atoms with Gasteiger partial charge in [0, 0.05) is 6.42 Å². The van der Waals surface area contributed by atoms with Gasteiger partial charge in [-0.25, -0.2) is 8.42 Å². The van der Waals surface area contributed by atoms with Crippen LogP contribution in [0.3, 0.4) is 0 Å². The lowest BCUT2D eigenvalue weighted by atomic mass is 10.5. The maximum absolute atomic E-state index is 10.4. The van der Waals surface area contributed by atoms with Crippen molar-refractivity contribution in [2.75, 3.05) is 0 Å². The fourth-order valence-electron chi connectivity index (χ4n) is 0.269. The Morgan fingerprint density at radius 3 is 2.22 bits per heavy atom. The van der Waals surface area contributed by atoms with E-state index in [4.69, 9.17) is 0 Å². The lowest BCUT2D eigenvalue weighted by Crippen LogP contribution is -2.12. The zero-order chi connectivity index (χ0) is 7.49. The Bertz CT molecular complexity index is 216. The predicted molar refractivity (Wildman–Crippen MR) is 38.7 cm³/mol. The van der Waals surface area contributed by atoms with Gasteiger partial charge in [0.25, 0.3) is 0 Å². The summed E-state index contributed by atoms with van der Waals surface area (Å²) in [6.07, 6.45) is 1.23. The van der Waals surface area contributed by atoms with Crippen molar-refractivity contribution in [2.24, 2.45) is 0 Å². The second-order valence-corrected chi connectivity index (χ2v) is 6.86. The van der Waals surface area contributed by atoms with Crippen molar-refractivity contribution in [3.63, 3.8) is 0 Å². The summed E-state index contributed by atoms with van der Waals surface area (Å²) in [5, 5.41) is -0.718. The highest BCUT2D eigenvalue weighted by Gasteiger charge is 2.11. The van der Waals surface area contributed by atoms with Crippen LogP contribution >= 0.6 is 0 Å². The fourth-order valence-corrected chi connectivity index (χ4v) is 1.19. The Morgan fingerprint density at radius 2 is 2.11 bits per heavy atom. The third kappa shape index (κ3) is 3.20. The van der Waals surface area contributed by atoms with Gasteiger partial charge in [-0.2, -0.15) is 0 Å². The first-order chi connectivity index (χ1) is 3.98. The quantitative estimate of drug-likeness (QED) is 0.380. The molecule has 0 bridgehead atoms. The minimum Gasteiger partial charge on any atom is -0.282 e. The van der Waals surface area contributed by atoms with Crippen molar-refractivity contribution in [1.29, 1.82) is 0 Å². The molecule has 0 aliphatic heterocycles. The largest absolute Gasteiger partial charge is 0.282 e. The topological polar surface area (TPSA) is 51.2 Å². The van der Waals surface area contributed by atoms with Crippen molar-refractivity contribution >= 4 is 23.8 Å². The normalized spacial score (nSPS) is 11.1. The maximum Gasteiger partial charge on any atom is 0.242 e. The summed E-state index contributed by atoms with van der Waals surface area (Å²) >= 11 is 0. The van der Waals surface area contributed by atoms with Crippen LogP contribution in [-0.4, -0.2) is 22.9 Å². The van der Waals surface area contributed by atoms with Gasteiger partial charge >= 0.3 is 0 Å². The summed E-state index contributed by atoms with van der Waals surface area (Å²) in [5.74, 6) is 0. The summed E-state index contributed by atoms with van der Waals surface area (Å²) in [6.45, 7) is 3.24. The molecule has 0 radical (unpaired) electrons. The van der Waals surface area contributed by atoms with Crippen LogP contribution in [-0.2, 0) is 14.1 Å². The second kappa shape index (κ2) is 2.93. The fraction of sp³-hybridized carbons (Fsp3) is 0.250.